The lowest BCUT2D eigenvalue weighted by atomic mass is 10.0. The number of hydrogen-bond donors (Lipinski definition) is 7. The van der Waals surface area contributed by atoms with Gasteiger partial charge in [-0.3, -0.25) is 33.9 Å². The van der Waals surface area contributed by atoms with Crippen molar-refractivity contribution in [1.29, 1.82) is 0 Å². The van der Waals surface area contributed by atoms with Crippen molar-refractivity contribution in [2.45, 2.75) is 103 Å². The Kier molecular flexibility index (Phi) is 17.8. The number of anilines is 1. The molecule has 1 aromatic carbocycles. The van der Waals surface area contributed by atoms with E-state index in [4.69, 9.17) is 20.4 Å². The van der Waals surface area contributed by atoms with Gasteiger partial charge in [-0.1, -0.05) is 38.5 Å². The van der Waals surface area contributed by atoms with Gasteiger partial charge in [0.2, 0.25) is 17.7 Å². The number of fused-ring (bicyclic) bond motifs is 1. The quantitative estimate of drug-likeness (QED) is 0.0362. The Bertz CT molecular complexity index is 2750. The van der Waals surface area contributed by atoms with Crippen LogP contribution in [0.2, 0.25) is 0 Å². The van der Waals surface area contributed by atoms with Crippen LogP contribution in [0.1, 0.15) is 82.3 Å². The number of benzene rings is 1. The first kappa shape index (κ1) is 51.8. The van der Waals surface area contributed by atoms with Crippen molar-refractivity contribution in [3.8, 4) is 22.6 Å². The number of aromatic nitrogens is 6. The van der Waals surface area contributed by atoms with Gasteiger partial charge in [0.15, 0.2) is 5.65 Å². The number of carbonyl (C=O) groups is 7. The predicted octanol–water partition coefficient (Wildman–Crippen LogP) is 3.88. The number of imide groups is 1. The lowest BCUT2D eigenvalue weighted by molar-refractivity contribution is -0.137. The van der Waals surface area contributed by atoms with Gasteiger partial charge in [0.1, 0.15) is 36.5 Å². The zero-order valence-electron chi connectivity index (χ0n) is 40.7. The summed E-state index contributed by atoms with van der Waals surface area (Å²) in [5, 5.41) is 18.7. The van der Waals surface area contributed by atoms with Crippen LogP contribution in [0.4, 0.5) is 15.3 Å². The molecule has 3 atom stereocenters. The van der Waals surface area contributed by atoms with Crippen LogP contribution in [0.15, 0.2) is 79.3 Å². The van der Waals surface area contributed by atoms with Crippen molar-refractivity contribution in [2.75, 3.05) is 31.5 Å². The van der Waals surface area contributed by atoms with Gasteiger partial charge in [-0.05, 0) is 93.3 Å². The van der Waals surface area contributed by atoms with Gasteiger partial charge in [-0.15, -0.1) is 0 Å². The number of pyridine rings is 2. The van der Waals surface area contributed by atoms with Crippen LogP contribution in [0.3, 0.4) is 0 Å². The van der Waals surface area contributed by atoms with Crippen molar-refractivity contribution in [1.82, 2.24) is 60.6 Å². The molecule has 4 aromatic heterocycles. The molecule has 0 spiro atoms. The predicted molar refractivity (Wildman–Crippen MR) is 265 cm³/mol. The van der Waals surface area contributed by atoms with Crippen LogP contribution in [-0.2, 0) is 41.9 Å². The Morgan fingerprint density at radius 3 is 2.47 bits per heavy atom. The molecule has 22 nitrogen and oxygen atoms in total. The lowest BCUT2D eigenvalue weighted by Gasteiger charge is -2.32. The standard InChI is InChI=1S/C50H62N14O8/c1-31(2)44(61-41(65)14-5-4-6-24-63-42(66)19-20-43(63)67)48(69)58-38(13-8-22-52-49(51)70)47(68)57-35-17-15-33(16-18-35)29-72-50(71)62-23-9-11-36(28-62)53-27-39-59-45(34-21-25-64-40(26-34)54-30-55-64)46(60-39)37-12-7-10-32(3)56-37/h7,10,12,15-21,25-26,30-31,36,38,44,53H,4-6,8-9,11,13-14,22-24,27-29H2,1-3H3,(H,57,68)(H,58,69)(H,59,60)(H,61,65)(H3,51,52,70). The molecule has 1 saturated heterocycles. The number of imidazole rings is 1. The monoisotopic (exact) mass is 986 g/mol. The van der Waals surface area contributed by atoms with E-state index in [-0.39, 0.29) is 62.2 Å². The summed E-state index contributed by atoms with van der Waals surface area (Å²) in [4.78, 5) is 109. The van der Waals surface area contributed by atoms with Crippen molar-refractivity contribution < 1.29 is 38.3 Å². The molecule has 0 saturated carbocycles. The molecule has 0 bridgehead atoms. The molecule has 5 aromatic rings. The number of H-pyrrole nitrogens is 1. The maximum atomic E-state index is 13.7. The highest BCUT2D eigenvalue weighted by Crippen LogP contribution is 2.30. The number of primary amides is 1. The minimum Gasteiger partial charge on any atom is -0.445 e. The molecule has 8 amide bonds. The van der Waals surface area contributed by atoms with Gasteiger partial charge in [-0.25, -0.2) is 24.1 Å². The highest BCUT2D eigenvalue weighted by Gasteiger charge is 2.30. The van der Waals surface area contributed by atoms with Crippen LogP contribution in [-0.4, -0.2) is 125 Å². The lowest BCUT2D eigenvalue weighted by Crippen LogP contribution is -2.54. The van der Waals surface area contributed by atoms with Gasteiger partial charge in [0, 0.05) is 73.9 Å². The molecule has 72 heavy (non-hydrogen) atoms. The molecule has 8 N–H and O–H groups in total. The van der Waals surface area contributed by atoms with E-state index in [9.17, 15) is 33.6 Å². The van der Waals surface area contributed by atoms with Crippen LogP contribution in [0, 0.1) is 12.8 Å². The maximum absolute atomic E-state index is 13.7. The number of piperidine rings is 1. The van der Waals surface area contributed by atoms with Crippen molar-refractivity contribution in [3.63, 3.8) is 0 Å². The summed E-state index contributed by atoms with van der Waals surface area (Å²) in [6.45, 7) is 7.34. The average Bonchev–Trinajstić information content (AvgIpc) is 4.11. The van der Waals surface area contributed by atoms with E-state index in [0.717, 1.165) is 51.9 Å². The number of unbranched alkanes of at least 4 members (excludes halogenated alkanes) is 2. The first-order valence-corrected chi connectivity index (χ1v) is 24.2. The van der Waals surface area contributed by atoms with E-state index in [1.807, 2.05) is 43.5 Å². The van der Waals surface area contributed by atoms with Crippen LogP contribution in [0.25, 0.3) is 28.3 Å². The van der Waals surface area contributed by atoms with Crippen LogP contribution in [0.5, 0.6) is 0 Å². The van der Waals surface area contributed by atoms with Gasteiger partial charge in [0.25, 0.3) is 11.8 Å². The number of carbonyl (C=O) groups excluding carboxylic acids is 7. The Labute approximate surface area is 416 Å². The Balaban J connectivity index is 0.881. The topological polar surface area (TPSA) is 293 Å². The number of nitrogens with two attached hydrogens (primary N) is 1. The van der Waals surface area contributed by atoms with E-state index in [2.05, 4.69) is 41.7 Å². The number of ether oxygens (including phenoxy) is 1. The van der Waals surface area contributed by atoms with E-state index >= 15 is 0 Å². The third-order valence-electron chi connectivity index (χ3n) is 12.3. The minimum atomic E-state index is -1.04. The summed E-state index contributed by atoms with van der Waals surface area (Å²) in [5.74, 6) is -1.73. The molecule has 2 aliphatic rings. The second-order valence-corrected chi connectivity index (χ2v) is 18.2. The number of aryl methyl sites for hydroxylation is 1. The summed E-state index contributed by atoms with van der Waals surface area (Å²) in [6.07, 6.45) is 9.20. The number of amides is 8. The smallest absolute Gasteiger partial charge is 0.410 e. The second kappa shape index (κ2) is 24.7. The van der Waals surface area contributed by atoms with Gasteiger partial charge >= 0.3 is 12.1 Å². The van der Waals surface area contributed by atoms with E-state index in [1.165, 1.54) is 18.5 Å². The Morgan fingerprint density at radius 2 is 1.72 bits per heavy atom. The average molecular weight is 987 g/mol. The highest BCUT2D eigenvalue weighted by molar-refractivity contribution is 6.12. The molecule has 3 unspecified atom stereocenters. The number of nitrogens with zero attached hydrogens (tertiary/aromatic N) is 7. The number of likely N-dealkylation sites (tertiary alicyclic amines) is 1. The summed E-state index contributed by atoms with van der Waals surface area (Å²) in [6, 6.07) is 13.8. The highest BCUT2D eigenvalue weighted by atomic mass is 16.6. The van der Waals surface area contributed by atoms with Crippen LogP contribution >= 0.6 is 0 Å². The molecule has 0 radical (unpaired) electrons. The Morgan fingerprint density at radius 1 is 0.931 bits per heavy atom. The van der Waals surface area contributed by atoms with E-state index < -0.39 is 36.0 Å². The fourth-order valence-electron chi connectivity index (χ4n) is 8.46. The molecule has 1 fully saturated rings. The first-order valence-electron chi connectivity index (χ1n) is 24.2. The molecule has 0 aliphatic carbocycles. The summed E-state index contributed by atoms with van der Waals surface area (Å²) in [5.41, 5.74) is 11.1. The fraction of sp³-hybridized carbons (Fsp3) is 0.420. The fourth-order valence-corrected chi connectivity index (χ4v) is 8.46. The zero-order chi connectivity index (χ0) is 51.1. The second-order valence-electron chi connectivity index (χ2n) is 18.2. The van der Waals surface area contributed by atoms with E-state index in [0.29, 0.717) is 62.2 Å². The number of aromatic amines is 1. The molecule has 2 aliphatic heterocycles. The minimum absolute atomic E-state index is 0.000599. The van der Waals surface area contributed by atoms with Gasteiger partial charge in [0.05, 0.1) is 17.9 Å². The molecular weight excluding hydrogens is 925 g/mol. The normalized spacial score (nSPS) is 15.4. The third kappa shape index (κ3) is 14.3. The van der Waals surface area contributed by atoms with Crippen LogP contribution < -0.4 is 32.3 Å². The van der Waals surface area contributed by atoms with Crippen molar-refractivity contribution in [2.24, 2.45) is 11.7 Å². The summed E-state index contributed by atoms with van der Waals surface area (Å²) < 4.78 is 7.42. The van der Waals surface area contributed by atoms with Gasteiger partial charge < -0.3 is 46.9 Å². The van der Waals surface area contributed by atoms with Crippen molar-refractivity contribution in [3.05, 3.63) is 96.4 Å². The van der Waals surface area contributed by atoms with E-state index in [1.54, 1.807) is 47.5 Å². The number of nitrogens with one attached hydrogen (secondary N) is 6. The molecule has 6 heterocycles. The molecule has 7 rings (SSSR count). The Hall–Kier alpha value is -8.01. The molecular formula is C50H62N14O8. The maximum Gasteiger partial charge on any atom is 0.410 e. The van der Waals surface area contributed by atoms with Crippen molar-refractivity contribution >= 4 is 53.0 Å². The number of hydrogen-bond acceptors (Lipinski definition) is 13. The van der Waals surface area contributed by atoms with Gasteiger partial charge in [-0.2, -0.15) is 5.10 Å². The molecule has 380 valence electrons. The largest absolute Gasteiger partial charge is 0.445 e. The number of rotatable bonds is 23. The summed E-state index contributed by atoms with van der Waals surface area (Å²) >= 11 is 0. The molecule has 22 heteroatoms. The number of urea groups is 1. The summed E-state index contributed by atoms with van der Waals surface area (Å²) in [7, 11) is 0. The zero-order valence-corrected chi connectivity index (χ0v) is 40.7. The first-order chi connectivity index (χ1) is 34.7. The SMILES string of the molecule is Cc1cccc(-c2nc(CNC3CCCN(C(=O)OCc4ccc(NC(=O)C(CCCNC(N)=O)NC(=O)C(NC(=O)CCCCCN5C(=O)C=CC5=O)C(C)C)cc4)C3)[nH]c2-c2ccn3ncnc3c2)n1. The third-order valence-corrected chi connectivity index (χ3v) is 12.3.